The normalized spacial score (nSPS) is 13.5. The van der Waals surface area contributed by atoms with E-state index in [0.717, 1.165) is 38.5 Å². The minimum Gasteiger partial charge on any atom is -0.487 e. The lowest BCUT2D eigenvalue weighted by Gasteiger charge is -2.26. The molecule has 0 bridgehead atoms. The summed E-state index contributed by atoms with van der Waals surface area (Å²) in [6.07, 6.45) is 1.48. The third-order valence-electron chi connectivity index (χ3n) is 6.20. The molecule has 0 unspecified atom stereocenters. The van der Waals surface area contributed by atoms with E-state index in [1.807, 2.05) is 12.1 Å². The Morgan fingerprint density at radius 2 is 1.82 bits per heavy atom. The molecule has 39 heavy (non-hydrogen) atoms. The predicted octanol–water partition coefficient (Wildman–Crippen LogP) is 6.04. The zero-order valence-electron chi connectivity index (χ0n) is 21.0. The first-order valence-electron chi connectivity index (χ1n) is 12.4. The molecule has 1 aliphatic rings. The third-order valence-corrected chi connectivity index (χ3v) is 6.47. The lowest BCUT2D eigenvalue weighted by atomic mass is 10.1. The van der Waals surface area contributed by atoms with Crippen molar-refractivity contribution < 1.29 is 13.9 Å². The Labute approximate surface area is 231 Å². The van der Waals surface area contributed by atoms with Gasteiger partial charge in [-0.25, -0.2) is 9.37 Å². The zero-order valence-corrected chi connectivity index (χ0v) is 21.8. The molecule has 5 rings (SSSR count). The molecule has 1 aromatic heterocycles. The van der Waals surface area contributed by atoms with Crippen LogP contribution in [0.4, 0.5) is 27.5 Å². The average Bonchev–Trinajstić information content (AvgIpc) is 2.96. The Kier molecular flexibility index (Phi) is 8.48. The summed E-state index contributed by atoms with van der Waals surface area (Å²) in [5.74, 6) is 0.602. The summed E-state index contributed by atoms with van der Waals surface area (Å²) in [6.45, 7) is 4.26. The lowest BCUT2D eigenvalue weighted by Crippen LogP contribution is -2.35. The smallest absolute Gasteiger partial charge is 0.229 e. The number of aromatic nitrogens is 2. The first-order chi connectivity index (χ1) is 19.1. The number of hydrogen-bond acceptors (Lipinski definition) is 8. The molecule has 1 aliphatic heterocycles. The van der Waals surface area contributed by atoms with Crippen LogP contribution < -0.4 is 15.4 Å². The maximum Gasteiger partial charge on any atom is 0.229 e. The van der Waals surface area contributed by atoms with Crippen molar-refractivity contribution in [3.8, 4) is 11.8 Å². The minimum absolute atomic E-state index is 0.0155. The molecule has 0 radical (unpaired) electrons. The topological polar surface area (TPSA) is 95.3 Å². The van der Waals surface area contributed by atoms with Crippen LogP contribution in [0.2, 0.25) is 5.02 Å². The first kappa shape index (κ1) is 26.4. The SMILES string of the molecule is N#Cc1c(Nc2nc(Nc3ccc(CN4CCOCC4)cc3)ncc2Cl)cccc1OCc1ccccc1F. The Balaban J connectivity index is 1.28. The number of nitrogens with one attached hydrogen (secondary N) is 2. The molecular weight excluding hydrogens is 519 g/mol. The Hall–Kier alpha value is -4.23. The minimum atomic E-state index is -0.371. The Bertz CT molecular complexity index is 1470. The van der Waals surface area contributed by atoms with Gasteiger partial charge in [-0.1, -0.05) is 48.0 Å². The molecular formula is C29H26ClFN6O2. The van der Waals surface area contributed by atoms with Crippen molar-refractivity contribution in [3.63, 3.8) is 0 Å². The van der Waals surface area contributed by atoms with Gasteiger partial charge in [0.2, 0.25) is 5.95 Å². The highest BCUT2D eigenvalue weighted by molar-refractivity contribution is 6.32. The number of benzene rings is 3. The molecule has 4 aromatic rings. The van der Waals surface area contributed by atoms with Gasteiger partial charge in [-0.05, 0) is 35.9 Å². The third kappa shape index (κ3) is 6.81. The number of nitriles is 1. The lowest BCUT2D eigenvalue weighted by molar-refractivity contribution is 0.0342. The van der Waals surface area contributed by atoms with E-state index in [4.69, 9.17) is 21.1 Å². The fourth-order valence-corrected chi connectivity index (χ4v) is 4.26. The number of anilines is 4. The monoisotopic (exact) mass is 544 g/mol. The number of morpholine rings is 1. The van der Waals surface area contributed by atoms with E-state index in [9.17, 15) is 9.65 Å². The van der Waals surface area contributed by atoms with E-state index in [0.29, 0.717) is 28.8 Å². The van der Waals surface area contributed by atoms with Crippen molar-refractivity contribution in [1.82, 2.24) is 14.9 Å². The Morgan fingerprint density at radius 1 is 1.03 bits per heavy atom. The van der Waals surface area contributed by atoms with Crippen LogP contribution in [0.1, 0.15) is 16.7 Å². The van der Waals surface area contributed by atoms with Gasteiger partial charge in [-0.2, -0.15) is 10.2 Å². The maximum absolute atomic E-state index is 14.0. The molecule has 198 valence electrons. The number of nitrogens with zero attached hydrogens (tertiary/aromatic N) is 4. The molecule has 0 aliphatic carbocycles. The van der Waals surface area contributed by atoms with Crippen LogP contribution in [0.5, 0.6) is 5.75 Å². The van der Waals surface area contributed by atoms with Gasteiger partial charge in [0.1, 0.15) is 34.8 Å². The highest BCUT2D eigenvalue weighted by atomic mass is 35.5. The Morgan fingerprint density at radius 3 is 2.59 bits per heavy atom. The summed E-state index contributed by atoms with van der Waals surface area (Å²) in [6, 6.07) is 21.7. The van der Waals surface area contributed by atoms with Gasteiger partial charge in [0.15, 0.2) is 5.82 Å². The van der Waals surface area contributed by atoms with Gasteiger partial charge in [-0.3, -0.25) is 4.90 Å². The second-order valence-electron chi connectivity index (χ2n) is 8.90. The van der Waals surface area contributed by atoms with Crippen LogP contribution >= 0.6 is 11.6 Å². The molecule has 8 nitrogen and oxygen atoms in total. The van der Waals surface area contributed by atoms with Crippen LogP contribution in [-0.4, -0.2) is 41.2 Å². The van der Waals surface area contributed by atoms with Crippen molar-refractivity contribution in [2.24, 2.45) is 0 Å². The van der Waals surface area contributed by atoms with Crippen molar-refractivity contribution in [2.45, 2.75) is 13.2 Å². The van der Waals surface area contributed by atoms with Gasteiger partial charge in [0.05, 0.1) is 25.1 Å². The average molecular weight is 545 g/mol. The van der Waals surface area contributed by atoms with Crippen LogP contribution in [-0.2, 0) is 17.9 Å². The van der Waals surface area contributed by atoms with E-state index in [2.05, 4.69) is 43.7 Å². The van der Waals surface area contributed by atoms with Crippen LogP contribution in [0.15, 0.2) is 72.9 Å². The molecule has 3 aromatic carbocycles. The fourth-order valence-electron chi connectivity index (χ4n) is 4.12. The van der Waals surface area contributed by atoms with Crippen molar-refractivity contribution in [3.05, 3.63) is 100 Å². The van der Waals surface area contributed by atoms with Gasteiger partial charge < -0.3 is 20.1 Å². The summed E-state index contributed by atoms with van der Waals surface area (Å²) in [5, 5.41) is 16.4. The van der Waals surface area contributed by atoms with E-state index < -0.39 is 0 Å². The van der Waals surface area contributed by atoms with Crippen LogP contribution in [0, 0.1) is 17.1 Å². The van der Waals surface area contributed by atoms with Gasteiger partial charge in [0.25, 0.3) is 0 Å². The second-order valence-corrected chi connectivity index (χ2v) is 9.30. The molecule has 1 saturated heterocycles. The molecule has 10 heteroatoms. The molecule has 2 N–H and O–H groups in total. The quantitative estimate of drug-likeness (QED) is 0.263. The van der Waals surface area contributed by atoms with Crippen molar-refractivity contribution in [1.29, 1.82) is 5.26 Å². The summed E-state index contributed by atoms with van der Waals surface area (Å²) in [5.41, 5.74) is 3.12. The second kappa shape index (κ2) is 12.5. The first-order valence-corrected chi connectivity index (χ1v) is 12.8. The fraction of sp³-hybridized carbons (Fsp3) is 0.207. The summed E-state index contributed by atoms with van der Waals surface area (Å²) in [7, 11) is 0. The number of hydrogen-bond donors (Lipinski definition) is 2. The summed E-state index contributed by atoms with van der Waals surface area (Å²) in [4.78, 5) is 11.1. The maximum atomic E-state index is 14.0. The predicted molar refractivity (Wildman–Crippen MR) is 148 cm³/mol. The van der Waals surface area contributed by atoms with E-state index in [-0.39, 0.29) is 23.0 Å². The van der Waals surface area contributed by atoms with Crippen molar-refractivity contribution in [2.75, 3.05) is 36.9 Å². The van der Waals surface area contributed by atoms with Crippen LogP contribution in [0.3, 0.4) is 0 Å². The largest absolute Gasteiger partial charge is 0.487 e. The van der Waals surface area contributed by atoms with E-state index in [1.54, 1.807) is 36.4 Å². The zero-order chi connectivity index (χ0) is 27.0. The highest BCUT2D eigenvalue weighted by Crippen LogP contribution is 2.31. The highest BCUT2D eigenvalue weighted by Gasteiger charge is 2.14. The molecule has 0 atom stereocenters. The van der Waals surface area contributed by atoms with E-state index >= 15 is 0 Å². The summed E-state index contributed by atoms with van der Waals surface area (Å²) < 4.78 is 25.2. The number of halogens is 2. The van der Waals surface area contributed by atoms with Gasteiger partial charge in [-0.15, -0.1) is 0 Å². The molecule has 0 amide bonds. The van der Waals surface area contributed by atoms with Crippen LogP contribution in [0.25, 0.3) is 0 Å². The van der Waals surface area contributed by atoms with Gasteiger partial charge in [0, 0.05) is 30.9 Å². The molecule has 0 spiro atoms. The number of rotatable bonds is 9. The molecule has 2 heterocycles. The standard InChI is InChI=1S/C29H26ClFN6O2/c30-24-17-33-29(34-22-10-8-20(9-11-22)18-37-12-14-38-15-13-37)36-28(24)35-26-6-3-7-27(23(26)16-32)39-19-21-4-1-2-5-25(21)31/h1-11,17H,12-15,18-19H2,(H2,33,34,35,36). The number of ether oxygens (including phenoxy) is 2. The molecule has 1 fully saturated rings. The summed E-state index contributed by atoms with van der Waals surface area (Å²) >= 11 is 6.37. The molecule has 0 saturated carbocycles. The van der Waals surface area contributed by atoms with Crippen molar-refractivity contribution >= 4 is 34.7 Å². The van der Waals surface area contributed by atoms with Gasteiger partial charge >= 0.3 is 0 Å². The van der Waals surface area contributed by atoms with E-state index in [1.165, 1.54) is 17.8 Å².